The van der Waals surface area contributed by atoms with Crippen molar-refractivity contribution < 1.29 is 24.6 Å². The molecule has 0 radical (unpaired) electrons. The second-order valence-electron chi connectivity index (χ2n) is 3.54. The lowest BCUT2D eigenvalue weighted by atomic mass is 10.1. The van der Waals surface area contributed by atoms with Gasteiger partial charge >= 0.3 is 11.9 Å². The molecule has 0 aliphatic rings. The van der Waals surface area contributed by atoms with Gasteiger partial charge in [-0.25, -0.2) is 4.79 Å². The summed E-state index contributed by atoms with van der Waals surface area (Å²) in [4.78, 5) is 36.6. The van der Waals surface area contributed by atoms with E-state index in [2.05, 4.69) is 10.3 Å². The van der Waals surface area contributed by atoms with Gasteiger partial charge in [0, 0.05) is 18.8 Å². The van der Waals surface area contributed by atoms with Crippen molar-refractivity contribution in [3.63, 3.8) is 0 Å². The Kier molecular flexibility index (Phi) is 4.79. The van der Waals surface area contributed by atoms with Crippen molar-refractivity contribution in [1.29, 1.82) is 0 Å². The molecule has 0 saturated heterocycles. The maximum absolute atomic E-state index is 11.6. The van der Waals surface area contributed by atoms with Crippen molar-refractivity contribution in [1.82, 2.24) is 10.3 Å². The van der Waals surface area contributed by atoms with Crippen LogP contribution in [0.4, 0.5) is 0 Å². The van der Waals surface area contributed by atoms with Crippen molar-refractivity contribution in [2.24, 2.45) is 0 Å². The fourth-order valence-corrected chi connectivity index (χ4v) is 1.26. The molecule has 7 nitrogen and oxygen atoms in total. The molecule has 0 fully saturated rings. The Balaban J connectivity index is 2.64. The van der Waals surface area contributed by atoms with Gasteiger partial charge in [-0.3, -0.25) is 14.6 Å². The van der Waals surface area contributed by atoms with E-state index in [1.54, 1.807) is 6.07 Å². The number of carbonyl (C=O) groups is 3. The van der Waals surface area contributed by atoms with Crippen molar-refractivity contribution in [2.75, 3.05) is 0 Å². The lowest BCUT2D eigenvalue weighted by Crippen LogP contribution is -2.41. The van der Waals surface area contributed by atoms with E-state index < -0.39 is 23.9 Å². The summed E-state index contributed by atoms with van der Waals surface area (Å²) in [7, 11) is 0. The fraction of sp³-hybridized carbons (Fsp3) is 0.273. The molecule has 0 aliphatic carbocycles. The number of hydrogen-bond donors (Lipinski definition) is 3. The Morgan fingerprint density at radius 3 is 2.56 bits per heavy atom. The monoisotopic (exact) mass is 252 g/mol. The summed E-state index contributed by atoms with van der Waals surface area (Å²) in [6, 6.07) is 1.80. The summed E-state index contributed by atoms with van der Waals surface area (Å²) in [5.41, 5.74) is 0.221. The minimum absolute atomic E-state index is 0.170. The number of nitrogens with zero attached hydrogens (tertiary/aromatic N) is 1. The molecule has 96 valence electrons. The normalized spacial score (nSPS) is 11.6. The Bertz CT molecular complexity index is 446. The van der Waals surface area contributed by atoms with Crippen molar-refractivity contribution in [2.45, 2.75) is 18.9 Å². The highest BCUT2D eigenvalue weighted by Gasteiger charge is 2.21. The second-order valence-corrected chi connectivity index (χ2v) is 3.54. The van der Waals surface area contributed by atoms with Crippen LogP contribution in [0.15, 0.2) is 24.5 Å². The summed E-state index contributed by atoms with van der Waals surface area (Å²) in [5, 5.41) is 19.6. The summed E-state index contributed by atoms with van der Waals surface area (Å²) >= 11 is 0. The molecule has 18 heavy (non-hydrogen) atoms. The number of carbonyl (C=O) groups excluding carboxylic acids is 1. The summed E-state index contributed by atoms with van der Waals surface area (Å²) < 4.78 is 0. The zero-order valence-electron chi connectivity index (χ0n) is 9.37. The van der Waals surface area contributed by atoms with E-state index in [1.165, 1.54) is 18.5 Å². The number of aromatic nitrogens is 1. The molecular formula is C11H12N2O5. The van der Waals surface area contributed by atoms with Gasteiger partial charge in [-0.1, -0.05) is 0 Å². The molecule has 3 N–H and O–H groups in total. The second kappa shape index (κ2) is 6.33. The quantitative estimate of drug-likeness (QED) is 0.662. The number of pyridine rings is 1. The molecule has 0 saturated carbocycles. The van der Waals surface area contributed by atoms with Gasteiger partial charge < -0.3 is 15.5 Å². The van der Waals surface area contributed by atoms with Crippen LogP contribution in [0.5, 0.6) is 0 Å². The van der Waals surface area contributed by atoms with Crippen molar-refractivity contribution in [3.8, 4) is 0 Å². The van der Waals surface area contributed by atoms with Gasteiger partial charge in [0.25, 0.3) is 5.91 Å². The number of carboxylic acid groups (broad SMARTS) is 2. The minimum Gasteiger partial charge on any atom is -0.481 e. The first-order chi connectivity index (χ1) is 8.50. The van der Waals surface area contributed by atoms with Gasteiger partial charge in [0.1, 0.15) is 6.04 Å². The largest absolute Gasteiger partial charge is 0.481 e. The molecule has 0 unspecified atom stereocenters. The predicted molar refractivity (Wildman–Crippen MR) is 60.0 cm³/mol. The van der Waals surface area contributed by atoms with Crippen LogP contribution in [-0.2, 0) is 9.59 Å². The van der Waals surface area contributed by atoms with Crippen LogP contribution in [0.3, 0.4) is 0 Å². The molecule has 7 heteroatoms. The van der Waals surface area contributed by atoms with E-state index in [0.29, 0.717) is 0 Å². The standard InChI is InChI=1S/C11H12N2O5/c14-9(15)4-3-8(11(17)18)13-10(16)7-2-1-5-12-6-7/h1-2,5-6,8H,3-4H2,(H,13,16)(H,14,15)(H,17,18)/t8-/m0/s1. The number of aliphatic carboxylic acids is 2. The van der Waals surface area contributed by atoms with E-state index in [4.69, 9.17) is 10.2 Å². The minimum atomic E-state index is -1.27. The lowest BCUT2D eigenvalue weighted by Gasteiger charge is -2.13. The maximum Gasteiger partial charge on any atom is 0.326 e. The number of rotatable bonds is 6. The van der Waals surface area contributed by atoms with Gasteiger partial charge in [-0.05, 0) is 18.6 Å². The molecule has 1 aromatic heterocycles. The molecule has 0 aromatic carbocycles. The predicted octanol–water partition coefficient (Wildman–Crippen LogP) is 0.129. The first kappa shape index (κ1) is 13.6. The zero-order valence-corrected chi connectivity index (χ0v) is 9.37. The van der Waals surface area contributed by atoms with Crippen LogP contribution in [-0.4, -0.2) is 39.1 Å². The maximum atomic E-state index is 11.6. The summed E-state index contributed by atoms with van der Waals surface area (Å²) in [6.07, 6.45) is 2.28. The fourth-order valence-electron chi connectivity index (χ4n) is 1.26. The smallest absolute Gasteiger partial charge is 0.326 e. The molecule has 1 atom stereocenters. The highest BCUT2D eigenvalue weighted by atomic mass is 16.4. The highest BCUT2D eigenvalue weighted by molar-refractivity contribution is 5.96. The molecule has 0 aliphatic heterocycles. The van der Waals surface area contributed by atoms with E-state index in [9.17, 15) is 14.4 Å². The van der Waals surface area contributed by atoms with Crippen molar-refractivity contribution >= 4 is 17.8 Å². The van der Waals surface area contributed by atoms with Gasteiger partial charge in [0.05, 0.1) is 5.56 Å². The summed E-state index contributed by atoms with van der Waals surface area (Å²) in [5.74, 6) is -2.98. The Labute approximate surface area is 102 Å². The number of amides is 1. The van der Waals surface area contributed by atoms with Crippen molar-refractivity contribution in [3.05, 3.63) is 30.1 Å². The Morgan fingerprint density at radius 1 is 1.33 bits per heavy atom. The molecule has 0 spiro atoms. The number of carboxylic acids is 2. The van der Waals surface area contributed by atoms with Crippen LogP contribution < -0.4 is 5.32 Å². The van der Waals surface area contributed by atoms with Gasteiger partial charge in [-0.15, -0.1) is 0 Å². The van der Waals surface area contributed by atoms with Gasteiger partial charge in [0.15, 0.2) is 0 Å². The molecule has 0 bridgehead atoms. The molecular weight excluding hydrogens is 240 g/mol. The summed E-state index contributed by atoms with van der Waals surface area (Å²) in [6.45, 7) is 0. The first-order valence-electron chi connectivity index (χ1n) is 5.16. The SMILES string of the molecule is O=C(O)CC[C@H](NC(=O)c1cccnc1)C(=O)O. The third kappa shape index (κ3) is 4.20. The molecule has 1 rings (SSSR count). The van der Waals surface area contributed by atoms with Gasteiger partial charge in [-0.2, -0.15) is 0 Å². The van der Waals surface area contributed by atoms with Crippen LogP contribution in [0.1, 0.15) is 23.2 Å². The lowest BCUT2D eigenvalue weighted by molar-refractivity contribution is -0.140. The third-order valence-electron chi connectivity index (χ3n) is 2.17. The number of nitrogens with one attached hydrogen (secondary N) is 1. The molecule has 1 aromatic rings. The average molecular weight is 252 g/mol. The topological polar surface area (TPSA) is 117 Å². The van der Waals surface area contributed by atoms with Gasteiger partial charge in [0.2, 0.25) is 0 Å². The number of hydrogen-bond acceptors (Lipinski definition) is 4. The Morgan fingerprint density at radius 2 is 2.06 bits per heavy atom. The van der Waals surface area contributed by atoms with E-state index in [0.717, 1.165) is 0 Å². The third-order valence-corrected chi connectivity index (χ3v) is 2.17. The van der Waals surface area contributed by atoms with Crippen LogP contribution >= 0.6 is 0 Å². The van der Waals surface area contributed by atoms with E-state index in [1.807, 2.05) is 0 Å². The van der Waals surface area contributed by atoms with Crippen LogP contribution in [0.25, 0.3) is 0 Å². The Hall–Kier alpha value is -2.44. The van der Waals surface area contributed by atoms with E-state index >= 15 is 0 Å². The van der Waals surface area contributed by atoms with Crippen LogP contribution in [0.2, 0.25) is 0 Å². The van der Waals surface area contributed by atoms with Crippen LogP contribution in [0, 0.1) is 0 Å². The molecule has 1 heterocycles. The highest BCUT2D eigenvalue weighted by Crippen LogP contribution is 2.01. The zero-order chi connectivity index (χ0) is 13.5. The molecule has 1 amide bonds. The average Bonchev–Trinajstić information content (AvgIpc) is 2.34. The van der Waals surface area contributed by atoms with E-state index in [-0.39, 0.29) is 18.4 Å². The first-order valence-corrected chi connectivity index (χ1v) is 5.16.